The zero-order valence-electron chi connectivity index (χ0n) is 8.97. The van der Waals surface area contributed by atoms with Crippen LogP contribution in [0.2, 0.25) is 0 Å². The molecule has 0 amide bonds. The Hall–Kier alpha value is -2.20. The molecule has 1 aliphatic rings. The first-order valence-electron chi connectivity index (χ1n) is 5.27. The number of rotatable bonds is 0. The molecule has 0 fully saturated rings. The van der Waals surface area contributed by atoms with Gasteiger partial charge in [-0.1, -0.05) is 6.07 Å². The third-order valence-corrected chi connectivity index (χ3v) is 2.79. The minimum absolute atomic E-state index is 0.182. The monoisotopic (exact) mass is 229 g/mol. The molecule has 0 atom stereocenters. The van der Waals surface area contributed by atoms with Crippen molar-refractivity contribution in [1.82, 2.24) is 0 Å². The van der Waals surface area contributed by atoms with Crippen LogP contribution in [0.5, 0.6) is 11.5 Å². The highest BCUT2D eigenvalue weighted by Gasteiger charge is 2.15. The van der Waals surface area contributed by atoms with Crippen molar-refractivity contribution in [3.8, 4) is 22.6 Å². The van der Waals surface area contributed by atoms with Crippen molar-refractivity contribution in [2.24, 2.45) is 0 Å². The Morgan fingerprint density at radius 2 is 1.65 bits per heavy atom. The summed E-state index contributed by atoms with van der Waals surface area (Å²) in [7, 11) is 0. The second kappa shape index (κ2) is 3.68. The van der Waals surface area contributed by atoms with Gasteiger partial charge in [-0.2, -0.15) is 0 Å². The molecule has 0 aromatic heterocycles. The van der Waals surface area contributed by atoms with Crippen molar-refractivity contribution in [3.63, 3.8) is 0 Å². The van der Waals surface area contributed by atoms with E-state index in [1.165, 1.54) is 0 Å². The van der Waals surface area contributed by atoms with Gasteiger partial charge in [0.05, 0.1) is 5.69 Å². The zero-order valence-corrected chi connectivity index (χ0v) is 8.97. The maximum absolute atomic E-state index is 9.46. The van der Waals surface area contributed by atoms with Gasteiger partial charge in [-0.25, -0.2) is 0 Å². The molecule has 0 radical (unpaired) electrons. The third kappa shape index (κ3) is 1.68. The van der Waals surface area contributed by atoms with Gasteiger partial charge in [-0.05, 0) is 35.4 Å². The number of benzene rings is 2. The van der Waals surface area contributed by atoms with Crippen molar-refractivity contribution in [2.45, 2.75) is 6.61 Å². The molecule has 1 aliphatic heterocycles. The van der Waals surface area contributed by atoms with E-state index in [1.54, 1.807) is 24.3 Å². The molecule has 0 unspecified atom stereocenters. The largest absolute Gasteiger partial charge is 0.508 e. The lowest BCUT2D eigenvalue weighted by atomic mass is 9.98. The first-order valence-corrected chi connectivity index (χ1v) is 5.27. The van der Waals surface area contributed by atoms with E-state index in [9.17, 15) is 10.2 Å². The highest BCUT2D eigenvalue weighted by Crippen LogP contribution is 2.37. The first kappa shape index (κ1) is 9.99. The maximum Gasteiger partial charge on any atom is 0.117 e. The standard InChI is InChI=1S/C13H11NO3/c15-9-1-3-11-8(5-9)7-17-14-13-6-10(16)2-4-12(11)13/h1-6,14-16H,7H2. The van der Waals surface area contributed by atoms with Crippen LogP contribution < -0.4 is 5.48 Å². The van der Waals surface area contributed by atoms with E-state index in [2.05, 4.69) is 5.48 Å². The van der Waals surface area contributed by atoms with Crippen molar-refractivity contribution in [2.75, 3.05) is 5.48 Å². The van der Waals surface area contributed by atoms with Crippen molar-refractivity contribution >= 4 is 5.69 Å². The van der Waals surface area contributed by atoms with Crippen molar-refractivity contribution < 1.29 is 15.1 Å². The normalized spacial score (nSPS) is 13.2. The van der Waals surface area contributed by atoms with E-state index >= 15 is 0 Å². The molecular weight excluding hydrogens is 218 g/mol. The van der Waals surface area contributed by atoms with Crippen LogP contribution in [0, 0.1) is 0 Å². The molecule has 2 aromatic carbocycles. The van der Waals surface area contributed by atoms with Gasteiger partial charge < -0.3 is 10.2 Å². The van der Waals surface area contributed by atoms with Crippen LogP contribution in [0.4, 0.5) is 5.69 Å². The molecule has 4 heteroatoms. The Kier molecular flexibility index (Phi) is 2.16. The molecule has 0 saturated heterocycles. The lowest BCUT2D eigenvalue weighted by Gasteiger charge is -2.08. The molecule has 17 heavy (non-hydrogen) atoms. The fraction of sp³-hybridized carbons (Fsp3) is 0.0769. The summed E-state index contributed by atoms with van der Waals surface area (Å²) in [5.74, 6) is 0.400. The molecule has 4 nitrogen and oxygen atoms in total. The molecule has 0 bridgehead atoms. The van der Waals surface area contributed by atoms with Crippen LogP contribution >= 0.6 is 0 Å². The number of phenols is 2. The molecule has 0 spiro atoms. The summed E-state index contributed by atoms with van der Waals surface area (Å²) in [4.78, 5) is 5.29. The lowest BCUT2D eigenvalue weighted by molar-refractivity contribution is 0.182. The number of phenolic OH excluding ortho intramolecular Hbond substituents is 2. The van der Waals surface area contributed by atoms with Crippen LogP contribution in [-0.2, 0) is 11.4 Å². The minimum Gasteiger partial charge on any atom is -0.508 e. The van der Waals surface area contributed by atoms with Crippen LogP contribution in [0.15, 0.2) is 36.4 Å². The molecule has 0 saturated carbocycles. The van der Waals surface area contributed by atoms with Gasteiger partial charge in [-0.15, -0.1) is 0 Å². The van der Waals surface area contributed by atoms with Crippen LogP contribution in [0.3, 0.4) is 0 Å². The number of nitrogens with one attached hydrogen (secondary N) is 1. The molecule has 3 N–H and O–H groups in total. The third-order valence-electron chi connectivity index (χ3n) is 2.79. The summed E-state index contributed by atoms with van der Waals surface area (Å²) in [5, 5.41) is 18.9. The maximum atomic E-state index is 9.46. The van der Waals surface area contributed by atoms with E-state index in [0.717, 1.165) is 22.4 Å². The van der Waals surface area contributed by atoms with E-state index in [4.69, 9.17) is 4.84 Å². The summed E-state index contributed by atoms with van der Waals surface area (Å²) in [6, 6.07) is 10.2. The molecular formula is C13H11NO3. The fourth-order valence-electron chi connectivity index (χ4n) is 2.01. The van der Waals surface area contributed by atoms with Crippen LogP contribution in [0.1, 0.15) is 5.56 Å². The van der Waals surface area contributed by atoms with Crippen molar-refractivity contribution in [3.05, 3.63) is 42.0 Å². The minimum atomic E-state index is 0.182. The van der Waals surface area contributed by atoms with E-state index in [1.807, 2.05) is 12.1 Å². The first-order chi connectivity index (χ1) is 8.24. The Morgan fingerprint density at radius 3 is 2.47 bits per heavy atom. The fourth-order valence-corrected chi connectivity index (χ4v) is 2.01. The Morgan fingerprint density at radius 1 is 0.941 bits per heavy atom. The Labute approximate surface area is 98.1 Å². The highest BCUT2D eigenvalue weighted by atomic mass is 16.6. The molecule has 3 rings (SSSR count). The molecule has 2 aromatic rings. The number of anilines is 1. The SMILES string of the molecule is Oc1ccc2c(c1)CONc1cc(O)ccc1-2. The summed E-state index contributed by atoms with van der Waals surface area (Å²) < 4.78 is 0. The van der Waals surface area contributed by atoms with E-state index < -0.39 is 0 Å². The number of hydrogen-bond acceptors (Lipinski definition) is 4. The summed E-state index contributed by atoms with van der Waals surface area (Å²) >= 11 is 0. The van der Waals surface area contributed by atoms with Crippen LogP contribution in [-0.4, -0.2) is 10.2 Å². The number of aromatic hydroxyl groups is 2. The topological polar surface area (TPSA) is 61.7 Å². The van der Waals surface area contributed by atoms with Gasteiger partial charge >= 0.3 is 0 Å². The van der Waals surface area contributed by atoms with E-state index in [-0.39, 0.29) is 11.5 Å². The summed E-state index contributed by atoms with van der Waals surface area (Å²) in [6.07, 6.45) is 0. The molecule has 1 heterocycles. The highest BCUT2D eigenvalue weighted by molar-refractivity contribution is 5.81. The summed E-state index contributed by atoms with van der Waals surface area (Å²) in [6.45, 7) is 0.360. The van der Waals surface area contributed by atoms with Gasteiger partial charge in [-0.3, -0.25) is 10.3 Å². The van der Waals surface area contributed by atoms with Crippen molar-refractivity contribution in [1.29, 1.82) is 0 Å². The predicted octanol–water partition coefficient (Wildman–Crippen LogP) is 2.62. The lowest BCUT2D eigenvalue weighted by Crippen LogP contribution is -1.98. The number of hydrogen-bond donors (Lipinski definition) is 3. The summed E-state index contributed by atoms with van der Waals surface area (Å²) in [5.41, 5.74) is 6.34. The Balaban J connectivity index is 2.24. The van der Waals surface area contributed by atoms with E-state index in [0.29, 0.717) is 6.61 Å². The molecule has 86 valence electrons. The van der Waals surface area contributed by atoms with Gasteiger partial charge in [0.2, 0.25) is 0 Å². The smallest absolute Gasteiger partial charge is 0.117 e. The van der Waals surface area contributed by atoms with Gasteiger partial charge in [0.25, 0.3) is 0 Å². The van der Waals surface area contributed by atoms with Gasteiger partial charge in [0, 0.05) is 11.6 Å². The van der Waals surface area contributed by atoms with Gasteiger partial charge in [0.15, 0.2) is 0 Å². The molecule has 0 aliphatic carbocycles. The predicted molar refractivity (Wildman–Crippen MR) is 63.6 cm³/mol. The second-order valence-electron chi connectivity index (χ2n) is 3.96. The zero-order chi connectivity index (χ0) is 11.8. The quantitative estimate of drug-likeness (QED) is 0.649. The Bertz CT molecular complexity index is 529. The second-order valence-corrected chi connectivity index (χ2v) is 3.96. The van der Waals surface area contributed by atoms with Gasteiger partial charge in [0.1, 0.15) is 18.1 Å². The average molecular weight is 229 g/mol. The average Bonchev–Trinajstić information content (AvgIpc) is 2.47. The number of fused-ring (bicyclic) bond motifs is 3. The van der Waals surface area contributed by atoms with Crippen LogP contribution in [0.25, 0.3) is 11.1 Å².